The van der Waals surface area contributed by atoms with Crippen LogP contribution in [0.3, 0.4) is 0 Å². The molecule has 0 unspecified atom stereocenters. The second kappa shape index (κ2) is 4.83. The summed E-state index contributed by atoms with van der Waals surface area (Å²) in [5.41, 5.74) is 3.97. The van der Waals surface area contributed by atoms with Crippen LogP contribution in [0.25, 0.3) is 0 Å². The van der Waals surface area contributed by atoms with Crippen molar-refractivity contribution in [3.63, 3.8) is 0 Å². The molecule has 0 aromatic heterocycles. The van der Waals surface area contributed by atoms with Crippen molar-refractivity contribution in [2.45, 2.75) is 24.9 Å². The number of hydrogen-bond acceptors (Lipinski definition) is 2. The smallest absolute Gasteiger partial charge is 0.0154 e. The van der Waals surface area contributed by atoms with Crippen LogP contribution in [0.1, 0.15) is 23.6 Å². The van der Waals surface area contributed by atoms with Crippen molar-refractivity contribution in [1.82, 2.24) is 0 Å². The van der Waals surface area contributed by atoms with Gasteiger partial charge in [0.2, 0.25) is 0 Å². The first-order valence-electron chi connectivity index (χ1n) is 4.13. The Bertz CT molecular complexity index is 201. The Morgan fingerprint density at radius 3 is 1.67 bits per heavy atom. The van der Waals surface area contributed by atoms with E-state index in [9.17, 15) is 0 Å². The number of aryl methyl sites for hydroxylation is 1. The van der Waals surface area contributed by atoms with E-state index in [0.717, 1.165) is 17.9 Å². The Labute approximate surface area is 85.2 Å². The van der Waals surface area contributed by atoms with Crippen LogP contribution in [-0.4, -0.2) is 0 Å². The predicted octanol–water partition coefficient (Wildman–Crippen LogP) is 3.11. The lowest BCUT2D eigenvalue weighted by molar-refractivity contribution is 1.12. The SMILES string of the molecule is CCc1cc(CS)cc(CS)c1. The summed E-state index contributed by atoms with van der Waals surface area (Å²) >= 11 is 8.51. The van der Waals surface area contributed by atoms with Crippen LogP contribution in [0.15, 0.2) is 18.2 Å². The van der Waals surface area contributed by atoms with E-state index in [1.807, 2.05) is 0 Å². The third-order valence-corrected chi connectivity index (χ3v) is 2.62. The van der Waals surface area contributed by atoms with Crippen LogP contribution in [0.4, 0.5) is 0 Å². The van der Waals surface area contributed by atoms with Gasteiger partial charge in [-0.3, -0.25) is 0 Å². The van der Waals surface area contributed by atoms with Crippen LogP contribution in [0, 0.1) is 0 Å². The number of rotatable bonds is 3. The van der Waals surface area contributed by atoms with Crippen LogP contribution < -0.4 is 0 Å². The molecule has 0 fully saturated rings. The minimum Gasteiger partial charge on any atom is -0.175 e. The van der Waals surface area contributed by atoms with Crippen LogP contribution in [0.5, 0.6) is 0 Å². The zero-order chi connectivity index (χ0) is 8.97. The highest BCUT2D eigenvalue weighted by Crippen LogP contribution is 2.14. The van der Waals surface area contributed by atoms with Crippen molar-refractivity contribution < 1.29 is 0 Å². The Balaban J connectivity index is 3.01. The van der Waals surface area contributed by atoms with Crippen molar-refractivity contribution in [1.29, 1.82) is 0 Å². The van der Waals surface area contributed by atoms with Crippen molar-refractivity contribution in [3.05, 3.63) is 34.9 Å². The summed E-state index contributed by atoms with van der Waals surface area (Å²) in [6, 6.07) is 6.58. The van der Waals surface area contributed by atoms with Gasteiger partial charge in [-0.2, -0.15) is 25.3 Å². The van der Waals surface area contributed by atoms with E-state index in [4.69, 9.17) is 0 Å². The molecule has 0 radical (unpaired) electrons. The standard InChI is InChI=1S/C10H14S2/c1-2-8-3-9(6-11)5-10(4-8)7-12/h3-5,11-12H,2,6-7H2,1H3. The molecule has 2 heteroatoms. The van der Waals surface area contributed by atoms with Crippen molar-refractivity contribution in [3.8, 4) is 0 Å². The van der Waals surface area contributed by atoms with E-state index in [-0.39, 0.29) is 0 Å². The second-order valence-corrected chi connectivity index (χ2v) is 3.46. The molecule has 0 aliphatic carbocycles. The van der Waals surface area contributed by atoms with Gasteiger partial charge in [-0.1, -0.05) is 25.1 Å². The molecule has 0 amide bonds. The molecule has 0 nitrogen and oxygen atoms in total. The van der Waals surface area contributed by atoms with Crippen molar-refractivity contribution in [2.75, 3.05) is 0 Å². The summed E-state index contributed by atoms with van der Waals surface area (Å²) in [7, 11) is 0. The lowest BCUT2D eigenvalue weighted by Gasteiger charge is -2.04. The van der Waals surface area contributed by atoms with E-state index in [2.05, 4.69) is 50.4 Å². The van der Waals surface area contributed by atoms with Gasteiger partial charge >= 0.3 is 0 Å². The monoisotopic (exact) mass is 198 g/mol. The first-order chi connectivity index (χ1) is 5.80. The molecule has 0 aliphatic rings. The molecule has 0 bridgehead atoms. The van der Waals surface area contributed by atoms with E-state index in [0.29, 0.717) is 0 Å². The fraction of sp³-hybridized carbons (Fsp3) is 0.400. The number of hydrogen-bond donors (Lipinski definition) is 2. The summed E-state index contributed by atoms with van der Waals surface area (Å²) < 4.78 is 0. The third-order valence-electron chi connectivity index (χ3n) is 1.89. The molecule has 1 rings (SSSR count). The van der Waals surface area contributed by atoms with E-state index >= 15 is 0 Å². The maximum absolute atomic E-state index is 4.26. The van der Waals surface area contributed by atoms with Crippen LogP contribution in [-0.2, 0) is 17.9 Å². The molecule has 0 saturated carbocycles. The van der Waals surface area contributed by atoms with E-state index in [1.165, 1.54) is 16.7 Å². The molecule has 1 aromatic rings. The average molecular weight is 198 g/mol. The first kappa shape index (κ1) is 10.0. The molecular formula is C10H14S2. The number of thiol groups is 2. The summed E-state index contributed by atoms with van der Waals surface area (Å²) in [6.45, 7) is 2.17. The van der Waals surface area contributed by atoms with Crippen LogP contribution in [0.2, 0.25) is 0 Å². The molecule has 0 heterocycles. The normalized spacial score (nSPS) is 10.2. The van der Waals surface area contributed by atoms with Crippen molar-refractivity contribution in [2.24, 2.45) is 0 Å². The van der Waals surface area contributed by atoms with Gasteiger partial charge in [-0.05, 0) is 23.1 Å². The number of benzene rings is 1. The lowest BCUT2D eigenvalue weighted by Crippen LogP contribution is -1.88. The third kappa shape index (κ3) is 2.46. The topological polar surface area (TPSA) is 0 Å². The summed E-state index contributed by atoms with van der Waals surface area (Å²) in [4.78, 5) is 0. The first-order valence-corrected chi connectivity index (χ1v) is 5.40. The quantitative estimate of drug-likeness (QED) is 0.685. The van der Waals surface area contributed by atoms with Gasteiger partial charge in [0.1, 0.15) is 0 Å². The van der Waals surface area contributed by atoms with Crippen molar-refractivity contribution >= 4 is 25.3 Å². The zero-order valence-corrected chi connectivity index (χ0v) is 9.04. The maximum Gasteiger partial charge on any atom is 0.0154 e. The highest BCUT2D eigenvalue weighted by molar-refractivity contribution is 7.79. The largest absolute Gasteiger partial charge is 0.175 e. The van der Waals surface area contributed by atoms with Gasteiger partial charge in [0.05, 0.1) is 0 Å². The van der Waals surface area contributed by atoms with Gasteiger partial charge in [-0.25, -0.2) is 0 Å². The molecule has 0 atom stereocenters. The Kier molecular flexibility index (Phi) is 4.02. The fourth-order valence-corrected chi connectivity index (χ4v) is 1.59. The Hall–Kier alpha value is -0.0800. The van der Waals surface area contributed by atoms with Crippen LogP contribution >= 0.6 is 25.3 Å². The highest BCUT2D eigenvalue weighted by atomic mass is 32.1. The van der Waals surface area contributed by atoms with E-state index < -0.39 is 0 Å². The molecular weight excluding hydrogens is 184 g/mol. The molecule has 0 saturated heterocycles. The molecule has 1 aromatic carbocycles. The predicted molar refractivity (Wildman–Crippen MR) is 61.2 cm³/mol. The van der Waals surface area contributed by atoms with Gasteiger partial charge in [0, 0.05) is 11.5 Å². The second-order valence-electron chi connectivity index (χ2n) is 2.83. The molecule has 12 heavy (non-hydrogen) atoms. The summed E-state index contributed by atoms with van der Waals surface area (Å²) in [6.07, 6.45) is 1.09. The molecule has 0 spiro atoms. The Morgan fingerprint density at radius 1 is 0.917 bits per heavy atom. The molecule has 0 N–H and O–H groups in total. The van der Waals surface area contributed by atoms with E-state index in [1.54, 1.807) is 0 Å². The molecule has 66 valence electrons. The Morgan fingerprint density at radius 2 is 1.33 bits per heavy atom. The zero-order valence-electron chi connectivity index (χ0n) is 7.25. The fourth-order valence-electron chi connectivity index (χ4n) is 1.23. The van der Waals surface area contributed by atoms with Gasteiger partial charge < -0.3 is 0 Å². The van der Waals surface area contributed by atoms with Gasteiger partial charge in [0.15, 0.2) is 0 Å². The lowest BCUT2D eigenvalue weighted by atomic mass is 10.1. The average Bonchev–Trinajstić information content (AvgIpc) is 2.16. The van der Waals surface area contributed by atoms with Gasteiger partial charge in [0.25, 0.3) is 0 Å². The highest BCUT2D eigenvalue weighted by Gasteiger charge is 1.97. The molecule has 0 aliphatic heterocycles. The minimum absolute atomic E-state index is 0.814. The minimum atomic E-state index is 0.814. The maximum atomic E-state index is 4.26. The summed E-state index contributed by atoms with van der Waals surface area (Å²) in [5.74, 6) is 1.63. The summed E-state index contributed by atoms with van der Waals surface area (Å²) in [5, 5.41) is 0. The van der Waals surface area contributed by atoms with Gasteiger partial charge in [-0.15, -0.1) is 0 Å².